The molecule has 0 heterocycles. The highest BCUT2D eigenvalue weighted by molar-refractivity contribution is 4.75. The minimum absolute atomic E-state index is 0.433. The van der Waals surface area contributed by atoms with Crippen LogP contribution in [0.3, 0.4) is 0 Å². The first kappa shape index (κ1) is 10.8. The zero-order valence-corrected chi connectivity index (χ0v) is 6.81. The first-order chi connectivity index (χ1) is 5.00. The lowest BCUT2D eigenvalue weighted by Crippen LogP contribution is -2.39. The van der Waals surface area contributed by atoms with Crippen molar-refractivity contribution in [2.45, 2.75) is 32.2 Å². The van der Waals surface area contributed by atoms with Crippen LogP contribution in [0.5, 0.6) is 0 Å². The van der Waals surface area contributed by atoms with Crippen molar-refractivity contribution >= 4 is 0 Å². The van der Waals surface area contributed by atoms with Gasteiger partial charge in [0.05, 0.1) is 18.8 Å². The number of hydrogen-bond donors (Lipinski definition) is 4. The van der Waals surface area contributed by atoms with Crippen molar-refractivity contribution in [2.75, 3.05) is 6.61 Å². The SMILES string of the molecule is CC(O)C(C)C(O)C(O)CO. The highest BCUT2D eigenvalue weighted by Crippen LogP contribution is 2.11. The fourth-order valence-electron chi connectivity index (χ4n) is 0.744. The molecule has 4 unspecified atom stereocenters. The third-order valence-electron chi connectivity index (χ3n) is 1.88. The van der Waals surface area contributed by atoms with E-state index in [1.54, 1.807) is 6.92 Å². The van der Waals surface area contributed by atoms with Crippen LogP contribution in [0.4, 0.5) is 0 Å². The van der Waals surface area contributed by atoms with E-state index in [4.69, 9.17) is 15.3 Å². The van der Waals surface area contributed by atoms with Gasteiger partial charge in [-0.25, -0.2) is 0 Å². The summed E-state index contributed by atoms with van der Waals surface area (Å²) in [5.41, 5.74) is 0. The summed E-state index contributed by atoms with van der Waals surface area (Å²) in [6, 6.07) is 0. The maximum atomic E-state index is 9.19. The van der Waals surface area contributed by atoms with Gasteiger partial charge >= 0.3 is 0 Å². The Morgan fingerprint density at radius 2 is 1.55 bits per heavy atom. The molecule has 4 nitrogen and oxygen atoms in total. The summed E-state index contributed by atoms with van der Waals surface area (Å²) < 4.78 is 0. The number of hydrogen-bond acceptors (Lipinski definition) is 4. The third kappa shape index (κ3) is 3.16. The van der Waals surface area contributed by atoms with Crippen LogP contribution in [0.15, 0.2) is 0 Å². The molecule has 0 saturated heterocycles. The summed E-state index contributed by atoms with van der Waals surface area (Å²) >= 11 is 0. The summed E-state index contributed by atoms with van der Waals surface area (Å²) in [5, 5.41) is 35.5. The largest absolute Gasteiger partial charge is 0.394 e. The van der Waals surface area contributed by atoms with Crippen LogP contribution in [0.2, 0.25) is 0 Å². The number of aliphatic hydroxyl groups is 4. The second-order valence-electron chi connectivity index (χ2n) is 2.84. The molecule has 0 saturated carbocycles. The van der Waals surface area contributed by atoms with Crippen LogP contribution in [0, 0.1) is 5.92 Å². The van der Waals surface area contributed by atoms with Gasteiger partial charge in [-0.1, -0.05) is 6.92 Å². The summed E-state index contributed by atoms with van der Waals surface area (Å²) in [5.74, 6) is -0.433. The summed E-state index contributed by atoms with van der Waals surface area (Å²) in [4.78, 5) is 0. The Hall–Kier alpha value is -0.160. The highest BCUT2D eigenvalue weighted by Gasteiger charge is 2.25. The van der Waals surface area contributed by atoms with Gasteiger partial charge in [0.25, 0.3) is 0 Å². The standard InChI is InChI=1S/C7H16O4/c1-4(5(2)9)7(11)6(10)3-8/h4-11H,3H2,1-2H3. The van der Waals surface area contributed by atoms with Gasteiger partial charge in [-0.15, -0.1) is 0 Å². The van der Waals surface area contributed by atoms with E-state index < -0.39 is 30.8 Å². The zero-order valence-electron chi connectivity index (χ0n) is 6.81. The Labute approximate surface area is 66.1 Å². The van der Waals surface area contributed by atoms with Crippen molar-refractivity contribution in [1.82, 2.24) is 0 Å². The van der Waals surface area contributed by atoms with Gasteiger partial charge in [0.1, 0.15) is 6.10 Å². The molecule has 0 bridgehead atoms. The predicted molar refractivity (Wildman–Crippen MR) is 39.9 cm³/mol. The van der Waals surface area contributed by atoms with Gasteiger partial charge in [0.2, 0.25) is 0 Å². The van der Waals surface area contributed by atoms with Crippen LogP contribution in [0.25, 0.3) is 0 Å². The predicted octanol–water partition coefficient (Wildman–Crippen LogP) is -1.28. The smallest absolute Gasteiger partial charge is 0.103 e. The summed E-state index contributed by atoms with van der Waals surface area (Å²) in [7, 11) is 0. The molecule has 0 aliphatic rings. The normalized spacial score (nSPS) is 22.4. The average molecular weight is 164 g/mol. The fourth-order valence-corrected chi connectivity index (χ4v) is 0.744. The van der Waals surface area contributed by atoms with E-state index in [9.17, 15) is 5.11 Å². The van der Waals surface area contributed by atoms with Crippen LogP contribution in [-0.2, 0) is 0 Å². The van der Waals surface area contributed by atoms with Crippen molar-refractivity contribution in [2.24, 2.45) is 5.92 Å². The van der Waals surface area contributed by atoms with Gasteiger partial charge in [-0.2, -0.15) is 0 Å². The maximum Gasteiger partial charge on any atom is 0.103 e. The molecule has 0 spiro atoms. The first-order valence-electron chi connectivity index (χ1n) is 3.65. The van der Waals surface area contributed by atoms with Gasteiger partial charge < -0.3 is 20.4 Å². The molecule has 0 aromatic rings. The molecule has 0 fully saturated rings. The molecule has 0 radical (unpaired) electrons. The monoisotopic (exact) mass is 164 g/mol. The molecule has 0 rings (SSSR count). The van der Waals surface area contributed by atoms with Gasteiger partial charge in [0, 0.05) is 5.92 Å². The number of aliphatic hydroxyl groups excluding tert-OH is 4. The van der Waals surface area contributed by atoms with Crippen molar-refractivity contribution < 1.29 is 20.4 Å². The molecule has 4 N–H and O–H groups in total. The Morgan fingerprint density at radius 1 is 1.09 bits per heavy atom. The highest BCUT2D eigenvalue weighted by atomic mass is 16.4. The van der Waals surface area contributed by atoms with Gasteiger partial charge in [-0.05, 0) is 6.92 Å². The number of rotatable bonds is 4. The zero-order chi connectivity index (χ0) is 9.02. The quantitative estimate of drug-likeness (QED) is 0.417. The van der Waals surface area contributed by atoms with Crippen LogP contribution in [0.1, 0.15) is 13.8 Å². The van der Waals surface area contributed by atoms with Crippen LogP contribution >= 0.6 is 0 Å². The second kappa shape index (κ2) is 4.66. The lowest BCUT2D eigenvalue weighted by atomic mass is 9.95. The maximum absolute atomic E-state index is 9.19. The lowest BCUT2D eigenvalue weighted by molar-refractivity contribution is -0.0653. The van der Waals surface area contributed by atoms with Gasteiger partial charge in [-0.3, -0.25) is 0 Å². The first-order valence-corrected chi connectivity index (χ1v) is 3.65. The topological polar surface area (TPSA) is 80.9 Å². The average Bonchev–Trinajstić information content (AvgIpc) is 2.00. The van der Waals surface area contributed by atoms with Crippen LogP contribution in [-0.4, -0.2) is 45.3 Å². The van der Waals surface area contributed by atoms with Crippen molar-refractivity contribution in [3.63, 3.8) is 0 Å². The Kier molecular flexibility index (Phi) is 4.60. The van der Waals surface area contributed by atoms with Crippen molar-refractivity contribution in [3.8, 4) is 0 Å². The molecule has 68 valence electrons. The van der Waals surface area contributed by atoms with Crippen molar-refractivity contribution in [1.29, 1.82) is 0 Å². The molecule has 0 aliphatic heterocycles. The van der Waals surface area contributed by atoms with Gasteiger partial charge in [0.15, 0.2) is 0 Å². The van der Waals surface area contributed by atoms with E-state index in [1.165, 1.54) is 6.92 Å². The summed E-state index contributed by atoms with van der Waals surface area (Å²) in [6.07, 6.45) is -2.93. The fraction of sp³-hybridized carbons (Fsp3) is 1.00. The minimum atomic E-state index is -1.17. The molecule has 0 amide bonds. The van der Waals surface area contributed by atoms with E-state index in [2.05, 4.69) is 0 Å². The minimum Gasteiger partial charge on any atom is -0.394 e. The molecule has 0 aromatic carbocycles. The molecular weight excluding hydrogens is 148 g/mol. The van der Waals surface area contributed by atoms with Crippen LogP contribution < -0.4 is 0 Å². The molecule has 4 heteroatoms. The van der Waals surface area contributed by atoms with E-state index in [0.29, 0.717) is 0 Å². The van der Waals surface area contributed by atoms with Crippen molar-refractivity contribution in [3.05, 3.63) is 0 Å². The van der Waals surface area contributed by atoms with E-state index >= 15 is 0 Å². The van der Waals surface area contributed by atoms with E-state index in [-0.39, 0.29) is 0 Å². The lowest BCUT2D eigenvalue weighted by Gasteiger charge is -2.24. The molecule has 4 atom stereocenters. The summed E-state index contributed by atoms with van der Waals surface area (Å²) in [6.45, 7) is 2.64. The second-order valence-corrected chi connectivity index (χ2v) is 2.84. The third-order valence-corrected chi connectivity index (χ3v) is 1.88. The Bertz CT molecular complexity index is 105. The molecular formula is C7H16O4. The Balaban J connectivity index is 3.90. The Morgan fingerprint density at radius 3 is 1.82 bits per heavy atom. The van der Waals surface area contributed by atoms with E-state index in [0.717, 1.165) is 0 Å². The molecule has 0 aliphatic carbocycles. The van der Waals surface area contributed by atoms with E-state index in [1.807, 2.05) is 0 Å². The molecule has 11 heavy (non-hydrogen) atoms. The molecule has 0 aromatic heterocycles.